The first-order valence-corrected chi connectivity index (χ1v) is 7.68. The number of hydrogen-bond donors (Lipinski definition) is 2. The maximum Gasteiger partial charge on any atom is 0.248 e. The van der Waals surface area contributed by atoms with Crippen LogP contribution in [0.1, 0.15) is 40.5 Å². The van der Waals surface area contributed by atoms with Crippen molar-refractivity contribution in [3.8, 4) is 0 Å². The highest BCUT2D eigenvalue weighted by Gasteiger charge is 2.14. The fourth-order valence-corrected chi connectivity index (χ4v) is 2.97. The zero-order chi connectivity index (χ0) is 16.6. The fraction of sp³-hybridized carbons (Fsp3) is 0.222. The van der Waals surface area contributed by atoms with Crippen molar-refractivity contribution < 1.29 is 9.59 Å². The molecule has 0 saturated carbocycles. The molecule has 0 bridgehead atoms. The van der Waals surface area contributed by atoms with Gasteiger partial charge in [-0.25, -0.2) is 0 Å². The molecule has 0 aliphatic carbocycles. The number of nitrogens with zero attached hydrogens (tertiary/aromatic N) is 1. The van der Waals surface area contributed by atoms with E-state index in [9.17, 15) is 9.59 Å². The van der Waals surface area contributed by atoms with Gasteiger partial charge in [-0.15, -0.1) is 0 Å². The molecule has 3 rings (SSSR count). The summed E-state index contributed by atoms with van der Waals surface area (Å²) in [5.41, 5.74) is 13.8. The Labute approximate surface area is 133 Å². The molecule has 5 nitrogen and oxygen atoms in total. The first-order chi connectivity index (χ1) is 11.0. The lowest BCUT2D eigenvalue weighted by atomic mass is 10.1. The second-order valence-electron chi connectivity index (χ2n) is 5.70. The first kappa shape index (κ1) is 15.1. The van der Waals surface area contributed by atoms with Gasteiger partial charge >= 0.3 is 0 Å². The minimum Gasteiger partial charge on any atom is -0.366 e. The summed E-state index contributed by atoms with van der Waals surface area (Å²) in [4.78, 5) is 23.0. The third-order valence-electron chi connectivity index (χ3n) is 4.17. The van der Waals surface area contributed by atoms with Crippen LogP contribution in [0.2, 0.25) is 0 Å². The van der Waals surface area contributed by atoms with Crippen LogP contribution in [-0.4, -0.2) is 16.4 Å². The van der Waals surface area contributed by atoms with Gasteiger partial charge in [0.15, 0.2) is 0 Å². The van der Waals surface area contributed by atoms with E-state index in [4.69, 9.17) is 11.5 Å². The van der Waals surface area contributed by atoms with E-state index in [-0.39, 0.29) is 0 Å². The molecule has 0 aliphatic heterocycles. The van der Waals surface area contributed by atoms with Crippen molar-refractivity contribution in [2.75, 3.05) is 0 Å². The average Bonchev–Trinajstić information content (AvgIpc) is 2.85. The minimum absolute atomic E-state index is 0.455. The van der Waals surface area contributed by atoms with E-state index in [0.29, 0.717) is 11.1 Å². The first-order valence-electron chi connectivity index (χ1n) is 7.68. The van der Waals surface area contributed by atoms with Crippen LogP contribution in [0.3, 0.4) is 0 Å². The topological polar surface area (TPSA) is 91.1 Å². The minimum atomic E-state index is -0.465. The fourth-order valence-electron chi connectivity index (χ4n) is 2.97. The Morgan fingerprint density at radius 2 is 1.39 bits per heavy atom. The van der Waals surface area contributed by atoms with Gasteiger partial charge in [0.25, 0.3) is 0 Å². The lowest BCUT2D eigenvalue weighted by Gasteiger charge is -2.06. The zero-order valence-electron chi connectivity index (χ0n) is 13.0. The number of benzene rings is 2. The van der Waals surface area contributed by atoms with Gasteiger partial charge in [-0.05, 0) is 42.8 Å². The van der Waals surface area contributed by atoms with Crippen LogP contribution in [0, 0.1) is 0 Å². The van der Waals surface area contributed by atoms with Gasteiger partial charge in [-0.3, -0.25) is 9.59 Å². The average molecular weight is 309 g/mol. The van der Waals surface area contributed by atoms with Gasteiger partial charge in [0.1, 0.15) is 0 Å². The molecule has 0 unspecified atom stereocenters. The van der Waals surface area contributed by atoms with Crippen LogP contribution in [0.15, 0.2) is 36.4 Å². The summed E-state index contributed by atoms with van der Waals surface area (Å²) in [5, 5.41) is 1.83. The number of carbonyl (C=O) groups excluding carboxylic acids is 2. The van der Waals surface area contributed by atoms with Crippen molar-refractivity contribution in [1.82, 2.24) is 4.57 Å². The molecule has 23 heavy (non-hydrogen) atoms. The van der Waals surface area contributed by atoms with E-state index in [2.05, 4.69) is 11.5 Å². The van der Waals surface area contributed by atoms with E-state index >= 15 is 0 Å². The Morgan fingerprint density at radius 1 is 0.913 bits per heavy atom. The van der Waals surface area contributed by atoms with Crippen LogP contribution in [0.25, 0.3) is 21.8 Å². The quantitative estimate of drug-likeness (QED) is 0.758. The van der Waals surface area contributed by atoms with Gasteiger partial charge in [0, 0.05) is 39.5 Å². The van der Waals surface area contributed by atoms with Gasteiger partial charge < -0.3 is 16.0 Å². The van der Waals surface area contributed by atoms with Gasteiger partial charge in [-0.1, -0.05) is 13.3 Å². The maximum atomic E-state index is 11.5. The Hall–Kier alpha value is -2.82. The highest BCUT2D eigenvalue weighted by atomic mass is 16.1. The van der Waals surface area contributed by atoms with Gasteiger partial charge in [0.2, 0.25) is 11.8 Å². The second kappa shape index (κ2) is 5.76. The number of aromatic nitrogens is 1. The Bertz CT molecular complexity index is 854. The third kappa shape index (κ3) is 2.54. The molecule has 3 aromatic rings. The smallest absolute Gasteiger partial charge is 0.248 e. The maximum absolute atomic E-state index is 11.5. The molecule has 2 aromatic carbocycles. The standard InChI is InChI=1S/C18H19N3O2/c1-2-3-8-21-15-6-4-11(17(19)22)9-13(15)14-10-12(18(20)23)5-7-16(14)21/h4-7,9-10H,2-3,8H2,1H3,(H2,19,22)(H2,20,23). The number of hydrogen-bond acceptors (Lipinski definition) is 2. The molecule has 118 valence electrons. The number of unbranched alkanes of at least 4 members (excludes halogenated alkanes) is 1. The van der Waals surface area contributed by atoms with Crippen molar-refractivity contribution in [3.63, 3.8) is 0 Å². The molecule has 0 saturated heterocycles. The van der Waals surface area contributed by atoms with E-state index < -0.39 is 11.8 Å². The third-order valence-corrected chi connectivity index (χ3v) is 4.17. The number of amides is 2. The number of fused-ring (bicyclic) bond motifs is 3. The molecular formula is C18H19N3O2. The monoisotopic (exact) mass is 309 g/mol. The largest absolute Gasteiger partial charge is 0.366 e. The Kier molecular flexibility index (Phi) is 3.78. The predicted molar refractivity (Wildman–Crippen MR) is 91.4 cm³/mol. The number of aryl methyl sites for hydroxylation is 1. The van der Waals surface area contributed by atoms with Crippen molar-refractivity contribution >= 4 is 33.6 Å². The van der Waals surface area contributed by atoms with Gasteiger partial charge in [-0.2, -0.15) is 0 Å². The van der Waals surface area contributed by atoms with E-state index in [1.165, 1.54) is 0 Å². The lowest BCUT2D eigenvalue weighted by molar-refractivity contribution is 0.0992. The molecule has 1 aromatic heterocycles. The van der Waals surface area contributed by atoms with Crippen LogP contribution >= 0.6 is 0 Å². The van der Waals surface area contributed by atoms with Crippen molar-refractivity contribution in [3.05, 3.63) is 47.5 Å². The van der Waals surface area contributed by atoms with Crippen molar-refractivity contribution in [2.24, 2.45) is 11.5 Å². The molecule has 0 atom stereocenters. The van der Waals surface area contributed by atoms with Crippen molar-refractivity contribution in [1.29, 1.82) is 0 Å². The Balaban J connectivity index is 2.35. The molecule has 5 heteroatoms. The van der Waals surface area contributed by atoms with Crippen LogP contribution in [0.5, 0.6) is 0 Å². The van der Waals surface area contributed by atoms with E-state index in [0.717, 1.165) is 41.2 Å². The number of nitrogens with two attached hydrogens (primary N) is 2. The number of rotatable bonds is 5. The van der Waals surface area contributed by atoms with Crippen molar-refractivity contribution in [2.45, 2.75) is 26.3 Å². The summed E-state index contributed by atoms with van der Waals surface area (Å²) in [7, 11) is 0. The molecule has 2 amide bonds. The molecule has 4 N–H and O–H groups in total. The highest BCUT2D eigenvalue weighted by Crippen LogP contribution is 2.31. The molecule has 1 heterocycles. The number of primary amides is 2. The summed E-state index contributed by atoms with van der Waals surface area (Å²) in [6, 6.07) is 10.9. The van der Waals surface area contributed by atoms with Gasteiger partial charge in [0.05, 0.1) is 0 Å². The van der Waals surface area contributed by atoms with Crippen LogP contribution in [-0.2, 0) is 6.54 Å². The highest BCUT2D eigenvalue weighted by molar-refractivity contribution is 6.12. The predicted octanol–water partition coefficient (Wildman–Crippen LogP) is 2.79. The summed E-state index contributed by atoms with van der Waals surface area (Å²) in [6.07, 6.45) is 2.13. The molecule has 0 fully saturated rings. The summed E-state index contributed by atoms with van der Waals surface area (Å²) >= 11 is 0. The normalized spacial score (nSPS) is 11.2. The number of carbonyl (C=O) groups is 2. The Morgan fingerprint density at radius 3 is 1.78 bits per heavy atom. The lowest BCUT2D eigenvalue weighted by Crippen LogP contribution is -2.10. The summed E-state index contributed by atoms with van der Waals surface area (Å²) in [6.45, 7) is 3.02. The van der Waals surface area contributed by atoms with Crippen LogP contribution in [0.4, 0.5) is 0 Å². The second-order valence-corrected chi connectivity index (χ2v) is 5.70. The van der Waals surface area contributed by atoms with Crippen LogP contribution < -0.4 is 11.5 Å². The van der Waals surface area contributed by atoms with E-state index in [1.807, 2.05) is 12.1 Å². The van der Waals surface area contributed by atoms with E-state index in [1.54, 1.807) is 24.3 Å². The molecular weight excluding hydrogens is 290 g/mol. The molecule has 0 aliphatic rings. The molecule has 0 radical (unpaired) electrons. The SMILES string of the molecule is CCCCn1c2ccc(C(N)=O)cc2c2cc(C(N)=O)ccc21. The zero-order valence-corrected chi connectivity index (χ0v) is 13.0. The summed E-state index contributed by atoms with van der Waals surface area (Å²) in [5.74, 6) is -0.931. The summed E-state index contributed by atoms with van der Waals surface area (Å²) < 4.78 is 2.21. The molecule has 0 spiro atoms.